The van der Waals surface area contributed by atoms with Crippen LogP contribution in [0.4, 0.5) is 4.79 Å². The van der Waals surface area contributed by atoms with Gasteiger partial charge >= 0.3 is 6.09 Å². The first-order chi connectivity index (χ1) is 11.9. The van der Waals surface area contributed by atoms with Gasteiger partial charge in [-0.05, 0) is 26.3 Å². The van der Waals surface area contributed by atoms with E-state index in [1.807, 2.05) is 6.07 Å². The minimum atomic E-state index is -0.566. The fourth-order valence-corrected chi connectivity index (χ4v) is 2.59. The fourth-order valence-electron chi connectivity index (χ4n) is 2.59. The Morgan fingerprint density at radius 3 is 2.36 bits per heavy atom. The van der Waals surface area contributed by atoms with Crippen LogP contribution in [0.15, 0.2) is 4.79 Å². The lowest BCUT2D eigenvalue weighted by Crippen LogP contribution is -2.52. The van der Waals surface area contributed by atoms with Crippen molar-refractivity contribution in [1.82, 2.24) is 19.6 Å². The molecule has 9 nitrogen and oxygen atoms in total. The average Bonchev–Trinajstić information content (AvgIpc) is 2.60. The summed E-state index contributed by atoms with van der Waals surface area (Å²) in [5.74, 6) is -0.273. The second kappa shape index (κ2) is 7.79. The molecule has 134 valence electrons. The van der Waals surface area contributed by atoms with Crippen molar-refractivity contribution in [3.63, 3.8) is 0 Å². The van der Waals surface area contributed by atoms with Gasteiger partial charge in [0.15, 0.2) is 0 Å². The summed E-state index contributed by atoms with van der Waals surface area (Å²) in [6.07, 6.45) is -0.389. The van der Waals surface area contributed by atoms with Crippen LogP contribution in [0.25, 0.3) is 0 Å². The monoisotopic (exact) mass is 347 g/mol. The molecule has 9 heteroatoms. The molecule has 0 spiro atoms. The van der Waals surface area contributed by atoms with E-state index in [2.05, 4.69) is 5.10 Å². The third-order valence-electron chi connectivity index (χ3n) is 4.19. The number of hydrogen-bond donors (Lipinski definition) is 0. The van der Waals surface area contributed by atoms with Gasteiger partial charge in [0.1, 0.15) is 18.2 Å². The highest BCUT2D eigenvalue weighted by Gasteiger charge is 2.25. The van der Waals surface area contributed by atoms with Crippen molar-refractivity contribution < 1.29 is 14.3 Å². The van der Waals surface area contributed by atoms with Crippen LogP contribution in [0.3, 0.4) is 0 Å². The van der Waals surface area contributed by atoms with E-state index >= 15 is 0 Å². The number of aryl methyl sites for hydroxylation is 1. The van der Waals surface area contributed by atoms with E-state index in [0.29, 0.717) is 44.0 Å². The molecule has 0 bridgehead atoms. The highest BCUT2D eigenvalue weighted by atomic mass is 16.6. The molecule has 0 N–H and O–H groups in total. The number of amides is 2. The number of piperazine rings is 1. The third kappa shape index (κ3) is 3.96. The van der Waals surface area contributed by atoms with Crippen LogP contribution in [0.1, 0.15) is 23.7 Å². The summed E-state index contributed by atoms with van der Waals surface area (Å²) in [6, 6.07) is 1.87. The Balaban J connectivity index is 2.05. The second-order valence-electron chi connectivity index (χ2n) is 5.73. The molecule has 1 fully saturated rings. The van der Waals surface area contributed by atoms with Crippen molar-refractivity contribution >= 4 is 12.0 Å². The van der Waals surface area contributed by atoms with Crippen LogP contribution in [-0.2, 0) is 16.1 Å². The minimum Gasteiger partial charge on any atom is -0.450 e. The number of aromatic nitrogens is 2. The number of carbonyl (C=O) groups excluding carboxylic acids is 2. The molecule has 0 aromatic carbocycles. The van der Waals surface area contributed by atoms with Crippen LogP contribution in [0.2, 0.25) is 0 Å². The van der Waals surface area contributed by atoms with E-state index in [9.17, 15) is 14.4 Å². The molecule has 2 heterocycles. The zero-order valence-electron chi connectivity index (χ0n) is 14.6. The number of carbonyl (C=O) groups is 2. The molecule has 25 heavy (non-hydrogen) atoms. The molecule has 0 unspecified atom stereocenters. The van der Waals surface area contributed by atoms with Gasteiger partial charge in [0.05, 0.1) is 12.3 Å². The van der Waals surface area contributed by atoms with Crippen molar-refractivity contribution in [2.45, 2.75) is 27.3 Å². The Bertz CT molecular complexity index is 772. The highest BCUT2D eigenvalue weighted by molar-refractivity contribution is 5.76. The molecule has 0 atom stereocenters. The smallest absolute Gasteiger partial charge is 0.409 e. The topological polar surface area (TPSA) is 109 Å². The Morgan fingerprint density at radius 2 is 1.80 bits per heavy atom. The van der Waals surface area contributed by atoms with Gasteiger partial charge in [0.25, 0.3) is 5.56 Å². The Hall–Kier alpha value is -2.89. The molecule has 1 aromatic heterocycles. The zero-order valence-corrected chi connectivity index (χ0v) is 14.6. The predicted molar refractivity (Wildman–Crippen MR) is 87.9 cm³/mol. The summed E-state index contributed by atoms with van der Waals surface area (Å²) in [5.41, 5.74) is 0.506. The highest BCUT2D eigenvalue weighted by Crippen LogP contribution is 2.07. The van der Waals surface area contributed by atoms with Crippen molar-refractivity contribution in [3.05, 3.63) is 27.2 Å². The zero-order chi connectivity index (χ0) is 18.6. The minimum absolute atomic E-state index is 0.00688. The molecule has 1 aliphatic rings. The van der Waals surface area contributed by atoms with E-state index in [4.69, 9.17) is 10.00 Å². The normalized spacial score (nSPS) is 14.2. The maximum absolute atomic E-state index is 12.4. The lowest BCUT2D eigenvalue weighted by Gasteiger charge is -2.34. The summed E-state index contributed by atoms with van der Waals surface area (Å²) < 4.78 is 5.96. The predicted octanol–water partition coefficient (Wildman–Crippen LogP) is 0.0325. The molecule has 1 aromatic rings. The molecule has 2 amide bonds. The lowest BCUT2D eigenvalue weighted by molar-refractivity contribution is -0.133. The molecule has 1 aliphatic heterocycles. The average molecular weight is 347 g/mol. The van der Waals surface area contributed by atoms with Gasteiger partial charge in [-0.25, -0.2) is 9.48 Å². The second-order valence-corrected chi connectivity index (χ2v) is 5.73. The number of ether oxygens (including phenoxy) is 1. The fraction of sp³-hybridized carbons (Fsp3) is 0.562. The van der Waals surface area contributed by atoms with Gasteiger partial charge in [-0.3, -0.25) is 9.59 Å². The van der Waals surface area contributed by atoms with E-state index in [1.54, 1.807) is 30.6 Å². The maximum atomic E-state index is 12.4. The molecular weight excluding hydrogens is 326 g/mol. The molecular formula is C16H21N5O4. The third-order valence-corrected chi connectivity index (χ3v) is 4.19. The Labute approximate surface area is 145 Å². The van der Waals surface area contributed by atoms with E-state index < -0.39 is 5.56 Å². The van der Waals surface area contributed by atoms with Gasteiger partial charge in [-0.1, -0.05) is 0 Å². The van der Waals surface area contributed by atoms with Crippen molar-refractivity contribution in [2.75, 3.05) is 32.8 Å². The van der Waals surface area contributed by atoms with Gasteiger partial charge < -0.3 is 14.5 Å². The molecule has 0 radical (unpaired) electrons. The number of nitrogens with zero attached hydrogens (tertiary/aromatic N) is 5. The maximum Gasteiger partial charge on any atom is 0.409 e. The first-order valence-electron chi connectivity index (χ1n) is 8.07. The van der Waals surface area contributed by atoms with E-state index in [1.165, 1.54) is 0 Å². The largest absolute Gasteiger partial charge is 0.450 e. The number of nitriles is 1. The van der Waals surface area contributed by atoms with Gasteiger partial charge in [0, 0.05) is 26.2 Å². The summed E-state index contributed by atoms with van der Waals surface area (Å²) in [5, 5.41) is 13.2. The van der Waals surface area contributed by atoms with Crippen LogP contribution in [0, 0.1) is 25.2 Å². The lowest BCUT2D eigenvalue weighted by atomic mass is 10.1. The van der Waals surface area contributed by atoms with Crippen LogP contribution < -0.4 is 5.56 Å². The first kappa shape index (κ1) is 18.4. The summed E-state index contributed by atoms with van der Waals surface area (Å²) in [6.45, 7) is 6.64. The van der Waals surface area contributed by atoms with Crippen LogP contribution in [0.5, 0.6) is 0 Å². The summed E-state index contributed by atoms with van der Waals surface area (Å²) >= 11 is 0. The number of hydrogen-bond acceptors (Lipinski definition) is 6. The van der Waals surface area contributed by atoms with Crippen molar-refractivity contribution in [3.8, 4) is 6.07 Å². The van der Waals surface area contributed by atoms with Crippen molar-refractivity contribution in [1.29, 1.82) is 5.26 Å². The van der Waals surface area contributed by atoms with E-state index in [-0.39, 0.29) is 24.1 Å². The molecule has 0 aliphatic carbocycles. The van der Waals surface area contributed by atoms with Crippen LogP contribution in [-0.4, -0.2) is 64.4 Å². The Morgan fingerprint density at radius 1 is 1.20 bits per heavy atom. The molecule has 1 saturated heterocycles. The number of rotatable bonds is 3. The molecule has 2 rings (SSSR count). The van der Waals surface area contributed by atoms with Crippen LogP contribution >= 0.6 is 0 Å². The quantitative estimate of drug-likeness (QED) is 0.763. The summed E-state index contributed by atoms with van der Waals surface area (Å²) in [7, 11) is 0. The first-order valence-corrected chi connectivity index (χ1v) is 8.07. The SMILES string of the molecule is CCOC(=O)N1CCN(C(=O)Cn2nc(C)c(C)c(C#N)c2=O)CC1. The standard InChI is InChI=1S/C16H21N5O4/c1-4-25-16(24)20-7-5-19(6-8-20)14(22)10-21-15(23)13(9-17)11(2)12(3)18-21/h4-8,10H2,1-3H3. The molecule has 0 saturated carbocycles. The van der Waals surface area contributed by atoms with Gasteiger partial charge in [-0.15, -0.1) is 0 Å². The Kier molecular flexibility index (Phi) is 5.75. The van der Waals surface area contributed by atoms with Crippen molar-refractivity contribution in [2.24, 2.45) is 0 Å². The summed E-state index contributed by atoms with van der Waals surface area (Å²) in [4.78, 5) is 39.5. The van der Waals surface area contributed by atoms with Gasteiger partial charge in [-0.2, -0.15) is 10.4 Å². The van der Waals surface area contributed by atoms with Gasteiger partial charge in [0.2, 0.25) is 5.91 Å². The van der Waals surface area contributed by atoms with E-state index in [0.717, 1.165) is 4.68 Å².